The van der Waals surface area contributed by atoms with Crippen LogP contribution in [0.25, 0.3) is 0 Å². The van der Waals surface area contributed by atoms with E-state index < -0.39 is 0 Å². The molecule has 1 rings (SSSR count). The molecule has 0 aliphatic carbocycles. The summed E-state index contributed by atoms with van der Waals surface area (Å²) in [4.78, 5) is 0. The van der Waals surface area contributed by atoms with Crippen molar-refractivity contribution < 1.29 is 14.6 Å². The molecular formula is C11H15ClO3. The first-order chi connectivity index (χ1) is 7.15. The van der Waals surface area contributed by atoms with E-state index in [9.17, 15) is 0 Å². The van der Waals surface area contributed by atoms with Crippen molar-refractivity contribution >= 4 is 11.6 Å². The molecule has 4 heteroatoms. The molecule has 0 aliphatic rings. The van der Waals surface area contributed by atoms with Crippen LogP contribution in [0.1, 0.15) is 11.1 Å². The van der Waals surface area contributed by atoms with Crippen LogP contribution in [0.2, 0.25) is 5.02 Å². The highest BCUT2D eigenvalue weighted by Gasteiger charge is 2.15. The topological polar surface area (TPSA) is 38.7 Å². The molecule has 0 unspecified atom stereocenters. The number of benzene rings is 1. The molecule has 0 atom stereocenters. The monoisotopic (exact) mass is 230 g/mol. The van der Waals surface area contributed by atoms with Crippen LogP contribution in [-0.4, -0.2) is 25.9 Å². The molecule has 84 valence electrons. The highest BCUT2D eigenvalue weighted by molar-refractivity contribution is 6.31. The third kappa shape index (κ3) is 2.36. The second-order valence-electron chi connectivity index (χ2n) is 3.17. The van der Waals surface area contributed by atoms with Gasteiger partial charge in [-0.15, -0.1) is 0 Å². The smallest absolute Gasteiger partial charge is 0.164 e. The molecule has 0 radical (unpaired) electrons. The third-order valence-corrected chi connectivity index (χ3v) is 2.75. The number of rotatable bonds is 4. The molecule has 0 aliphatic heterocycles. The zero-order valence-corrected chi connectivity index (χ0v) is 9.89. The van der Waals surface area contributed by atoms with Gasteiger partial charge in [0.05, 0.1) is 14.2 Å². The Balaban J connectivity index is 3.35. The minimum atomic E-state index is 0.0562. The highest BCUT2D eigenvalue weighted by atomic mass is 35.5. The van der Waals surface area contributed by atoms with Gasteiger partial charge in [0.25, 0.3) is 0 Å². The maximum absolute atomic E-state index is 8.98. The Kier molecular flexibility index (Phi) is 4.24. The summed E-state index contributed by atoms with van der Waals surface area (Å²) < 4.78 is 10.4. The first-order valence-electron chi connectivity index (χ1n) is 4.66. The second kappa shape index (κ2) is 5.24. The van der Waals surface area contributed by atoms with Crippen molar-refractivity contribution in [2.45, 2.75) is 13.3 Å². The number of halogens is 1. The normalized spacial score (nSPS) is 10.2. The second-order valence-corrected chi connectivity index (χ2v) is 3.58. The van der Waals surface area contributed by atoms with Crippen molar-refractivity contribution in [2.24, 2.45) is 0 Å². The highest BCUT2D eigenvalue weighted by Crippen LogP contribution is 2.37. The minimum Gasteiger partial charge on any atom is -0.493 e. The van der Waals surface area contributed by atoms with Crippen LogP contribution < -0.4 is 9.47 Å². The standard InChI is InChI=1S/C11H15ClO3/c1-7-8(4-5-13)11(15-3)10(14-2)6-9(7)12/h6,13H,4-5H2,1-3H3. The van der Waals surface area contributed by atoms with Crippen LogP contribution >= 0.6 is 11.6 Å². The molecule has 1 aromatic carbocycles. The maximum atomic E-state index is 8.98. The Bertz CT molecular complexity index is 350. The molecule has 0 saturated carbocycles. The summed E-state index contributed by atoms with van der Waals surface area (Å²) in [5.41, 5.74) is 1.81. The average Bonchev–Trinajstić information content (AvgIpc) is 2.24. The number of aliphatic hydroxyl groups excluding tert-OH is 1. The fraction of sp³-hybridized carbons (Fsp3) is 0.455. The first kappa shape index (κ1) is 12.1. The van der Waals surface area contributed by atoms with E-state index in [0.717, 1.165) is 11.1 Å². The number of methoxy groups -OCH3 is 2. The van der Waals surface area contributed by atoms with Crippen molar-refractivity contribution in [3.05, 3.63) is 22.2 Å². The van der Waals surface area contributed by atoms with E-state index in [0.29, 0.717) is 22.9 Å². The third-order valence-electron chi connectivity index (χ3n) is 2.35. The SMILES string of the molecule is COc1cc(Cl)c(C)c(CCO)c1OC. The summed E-state index contributed by atoms with van der Waals surface area (Å²) >= 11 is 6.05. The zero-order valence-electron chi connectivity index (χ0n) is 9.13. The fourth-order valence-corrected chi connectivity index (χ4v) is 1.75. The Morgan fingerprint density at radius 3 is 2.47 bits per heavy atom. The summed E-state index contributed by atoms with van der Waals surface area (Å²) in [6.45, 7) is 1.95. The van der Waals surface area contributed by atoms with Crippen LogP contribution in [-0.2, 0) is 6.42 Å². The predicted octanol–water partition coefficient (Wildman–Crippen LogP) is 2.20. The van der Waals surface area contributed by atoms with E-state index in [2.05, 4.69) is 0 Å². The van der Waals surface area contributed by atoms with Crippen molar-refractivity contribution in [1.82, 2.24) is 0 Å². The van der Waals surface area contributed by atoms with Gasteiger partial charge in [-0.25, -0.2) is 0 Å². The van der Waals surface area contributed by atoms with Gasteiger partial charge in [-0.05, 0) is 18.9 Å². The van der Waals surface area contributed by atoms with E-state index in [1.165, 1.54) is 0 Å². The van der Waals surface area contributed by atoms with Gasteiger partial charge < -0.3 is 14.6 Å². The molecule has 1 aromatic rings. The Hall–Kier alpha value is -0.930. The molecule has 0 heterocycles. The minimum absolute atomic E-state index is 0.0562. The summed E-state index contributed by atoms with van der Waals surface area (Å²) in [6, 6.07) is 1.72. The molecule has 0 amide bonds. The summed E-state index contributed by atoms with van der Waals surface area (Å²) in [5, 5.41) is 9.60. The average molecular weight is 231 g/mol. The Morgan fingerprint density at radius 2 is 2.00 bits per heavy atom. The molecule has 1 N–H and O–H groups in total. The largest absolute Gasteiger partial charge is 0.493 e. The molecule has 0 bridgehead atoms. The molecule has 3 nitrogen and oxygen atoms in total. The lowest BCUT2D eigenvalue weighted by Crippen LogP contribution is -2.01. The molecular weight excluding hydrogens is 216 g/mol. The molecule has 15 heavy (non-hydrogen) atoms. The van der Waals surface area contributed by atoms with Gasteiger partial charge >= 0.3 is 0 Å². The van der Waals surface area contributed by atoms with Gasteiger partial charge in [0.15, 0.2) is 11.5 Å². The van der Waals surface area contributed by atoms with E-state index in [1.54, 1.807) is 20.3 Å². The van der Waals surface area contributed by atoms with Crippen LogP contribution in [0.4, 0.5) is 0 Å². The number of aliphatic hydroxyl groups is 1. The van der Waals surface area contributed by atoms with Crippen molar-refractivity contribution in [1.29, 1.82) is 0 Å². The van der Waals surface area contributed by atoms with E-state index in [4.69, 9.17) is 26.2 Å². The maximum Gasteiger partial charge on any atom is 0.164 e. The van der Waals surface area contributed by atoms with Gasteiger partial charge in [0.2, 0.25) is 0 Å². The van der Waals surface area contributed by atoms with Crippen LogP contribution in [0.15, 0.2) is 6.07 Å². The van der Waals surface area contributed by atoms with Gasteiger partial charge in [-0.2, -0.15) is 0 Å². The summed E-state index contributed by atoms with van der Waals surface area (Å²) in [5.74, 6) is 1.24. The van der Waals surface area contributed by atoms with Gasteiger partial charge in [-0.3, -0.25) is 0 Å². The van der Waals surface area contributed by atoms with Gasteiger partial charge in [-0.1, -0.05) is 11.6 Å². The molecule has 0 saturated heterocycles. The zero-order chi connectivity index (χ0) is 11.4. The van der Waals surface area contributed by atoms with Crippen LogP contribution in [0.3, 0.4) is 0 Å². The Labute approximate surface area is 94.6 Å². The lowest BCUT2D eigenvalue weighted by atomic mass is 10.0. The molecule has 0 fully saturated rings. The van der Waals surface area contributed by atoms with Crippen LogP contribution in [0.5, 0.6) is 11.5 Å². The predicted molar refractivity (Wildman–Crippen MR) is 60.1 cm³/mol. The summed E-state index contributed by atoms with van der Waals surface area (Å²) in [6.07, 6.45) is 0.506. The number of hydrogen-bond donors (Lipinski definition) is 1. The van der Waals surface area contributed by atoms with Crippen molar-refractivity contribution in [3.63, 3.8) is 0 Å². The van der Waals surface area contributed by atoms with E-state index in [1.807, 2.05) is 6.92 Å². The quantitative estimate of drug-likeness (QED) is 0.862. The Morgan fingerprint density at radius 1 is 1.33 bits per heavy atom. The lowest BCUT2D eigenvalue weighted by Gasteiger charge is -2.15. The van der Waals surface area contributed by atoms with Crippen molar-refractivity contribution in [2.75, 3.05) is 20.8 Å². The number of hydrogen-bond acceptors (Lipinski definition) is 3. The fourth-order valence-electron chi connectivity index (χ4n) is 1.54. The van der Waals surface area contributed by atoms with Gasteiger partial charge in [0.1, 0.15) is 0 Å². The molecule has 0 spiro atoms. The molecule has 0 aromatic heterocycles. The lowest BCUT2D eigenvalue weighted by molar-refractivity contribution is 0.294. The van der Waals surface area contributed by atoms with Gasteiger partial charge in [0, 0.05) is 23.3 Å². The van der Waals surface area contributed by atoms with E-state index in [-0.39, 0.29) is 6.61 Å². The number of ether oxygens (including phenoxy) is 2. The van der Waals surface area contributed by atoms with Crippen molar-refractivity contribution in [3.8, 4) is 11.5 Å². The van der Waals surface area contributed by atoms with E-state index >= 15 is 0 Å². The first-order valence-corrected chi connectivity index (χ1v) is 5.04. The summed E-state index contributed by atoms with van der Waals surface area (Å²) in [7, 11) is 3.14. The van der Waals surface area contributed by atoms with Crippen LogP contribution in [0, 0.1) is 6.92 Å².